The first-order chi connectivity index (χ1) is 9.52. The third kappa shape index (κ3) is 5.89. The molecule has 1 aromatic carbocycles. The van der Waals surface area contributed by atoms with Crippen LogP contribution in [0.4, 0.5) is 0 Å². The van der Waals surface area contributed by atoms with Gasteiger partial charge in [0.05, 0.1) is 0 Å². The summed E-state index contributed by atoms with van der Waals surface area (Å²) in [6.45, 7) is 4.01. The zero-order valence-electron chi connectivity index (χ0n) is 11.7. The molecular formula is C15H19ClN2O2. The number of amides is 2. The molecule has 0 aliphatic rings. The van der Waals surface area contributed by atoms with E-state index in [0.717, 1.165) is 18.4 Å². The SMILES string of the molecule is CCCCNC(=O)/C(=C/c1ccc(Cl)cc1)NC(C)=O. The van der Waals surface area contributed by atoms with Gasteiger partial charge in [-0.3, -0.25) is 9.59 Å². The van der Waals surface area contributed by atoms with Gasteiger partial charge in [-0.25, -0.2) is 0 Å². The highest BCUT2D eigenvalue weighted by Gasteiger charge is 2.10. The summed E-state index contributed by atoms with van der Waals surface area (Å²) in [6.07, 6.45) is 3.52. The highest BCUT2D eigenvalue weighted by molar-refractivity contribution is 6.30. The average molecular weight is 295 g/mol. The molecule has 0 aliphatic heterocycles. The Hall–Kier alpha value is -1.81. The van der Waals surface area contributed by atoms with Crippen molar-refractivity contribution in [3.8, 4) is 0 Å². The first kappa shape index (κ1) is 16.2. The van der Waals surface area contributed by atoms with Crippen LogP contribution in [0.3, 0.4) is 0 Å². The van der Waals surface area contributed by atoms with Gasteiger partial charge < -0.3 is 10.6 Å². The number of carbonyl (C=O) groups excluding carboxylic acids is 2. The fourth-order valence-electron chi connectivity index (χ4n) is 1.55. The lowest BCUT2D eigenvalue weighted by Crippen LogP contribution is -2.34. The van der Waals surface area contributed by atoms with Crippen molar-refractivity contribution in [2.24, 2.45) is 0 Å². The van der Waals surface area contributed by atoms with Crippen LogP contribution in [0.2, 0.25) is 5.02 Å². The maximum atomic E-state index is 12.0. The van der Waals surface area contributed by atoms with E-state index in [0.29, 0.717) is 11.6 Å². The summed E-state index contributed by atoms with van der Waals surface area (Å²) in [5.41, 5.74) is 1.03. The van der Waals surface area contributed by atoms with Crippen molar-refractivity contribution in [3.05, 3.63) is 40.5 Å². The first-order valence-electron chi connectivity index (χ1n) is 6.56. The lowest BCUT2D eigenvalue weighted by Gasteiger charge is -2.09. The molecule has 0 unspecified atom stereocenters. The standard InChI is InChI=1S/C15H19ClN2O2/c1-3-4-9-17-15(20)14(18-11(2)19)10-12-5-7-13(16)8-6-12/h5-8,10H,3-4,9H2,1-2H3,(H,17,20)(H,18,19)/b14-10-. The third-order valence-electron chi connectivity index (χ3n) is 2.55. The number of carbonyl (C=O) groups is 2. The minimum Gasteiger partial charge on any atom is -0.351 e. The molecule has 0 aromatic heterocycles. The monoisotopic (exact) mass is 294 g/mol. The van der Waals surface area contributed by atoms with Crippen LogP contribution in [0.1, 0.15) is 32.3 Å². The maximum Gasteiger partial charge on any atom is 0.267 e. The molecule has 20 heavy (non-hydrogen) atoms. The largest absolute Gasteiger partial charge is 0.351 e. The van der Waals surface area contributed by atoms with E-state index in [1.807, 2.05) is 6.92 Å². The first-order valence-corrected chi connectivity index (χ1v) is 6.93. The predicted octanol–water partition coefficient (Wildman–Crippen LogP) is 2.73. The van der Waals surface area contributed by atoms with Crippen LogP contribution >= 0.6 is 11.6 Å². The van der Waals surface area contributed by atoms with E-state index in [-0.39, 0.29) is 17.5 Å². The second-order valence-electron chi connectivity index (χ2n) is 4.40. The van der Waals surface area contributed by atoms with Gasteiger partial charge in [-0.15, -0.1) is 0 Å². The van der Waals surface area contributed by atoms with Gasteiger partial charge >= 0.3 is 0 Å². The van der Waals surface area contributed by atoms with Crippen molar-refractivity contribution in [2.45, 2.75) is 26.7 Å². The summed E-state index contributed by atoms with van der Waals surface area (Å²) in [4.78, 5) is 23.2. The van der Waals surface area contributed by atoms with Gasteiger partial charge in [-0.1, -0.05) is 37.1 Å². The van der Waals surface area contributed by atoms with E-state index >= 15 is 0 Å². The Morgan fingerprint density at radius 1 is 1.25 bits per heavy atom. The van der Waals surface area contributed by atoms with Crippen molar-refractivity contribution >= 4 is 29.5 Å². The molecule has 5 heteroatoms. The highest BCUT2D eigenvalue weighted by Crippen LogP contribution is 2.12. The van der Waals surface area contributed by atoms with Crippen molar-refractivity contribution < 1.29 is 9.59 Å². The lowest BCUT2D eigenvalue weighted by molar-refractivity contribution is -0.122. The Bertz CT molecular complexity index is 495. The van der Waals surface area contributed by atoms with Gasteiger partial charge in [-0.2, -0.15) is 0 Å². The summed E-state index contributed by atoms with van der Waals surface area (Å²) >= 11 is 5.81. The molecule has 1 aromatic rings. The van der Waals surface area contributed by atoms with Crippen molar-refractivity contribution in [1.82, 2.24) is 10.6 Å². The fourth-order valence-corrected chi connectivity index (χ4v) is 1.67. The van der Waals surface area contributed by atoms with Gasteiger partial charge in [0.25, 0.3) is 5.91 Å². The average Bonchev–Trinajstić information content (AvgIpc) is 2.40. The van der Waals surface area contributed by atoms with E-state index in [9.17, 15) is 9.59 Å². The zero-order chi connectivity index (χ0) is 15.0. The topological polar surface area (TPSA) is 58.2 Å². The van der Waals surface area contributed by atoms with Crippen molar-refractivity contribution in [1.29, 1.82) is 0 Å². The van der Waals surface area contributed by atoms with Crippen molar-refractivity contribution in [3.63, 3.8) is 0 Å². The molecule has 0 heterocycles. The van der Waals surface area contributed by atoms with E-state index in [1.165, 1.54) is 6.92 Å². The van der Waals surface area contributed by atoms with Gasteiger partial charge in [-0.05, 0) is 30.2 Å². The zero-order valence-corrected chi connectivity index (χ0v) is 12.5. The van der Waals surface area contributed by atoms with E-state index < -0.39 is 0 Å². The fraction of sp³-hybridized carbons (Fsp3) is 0.333. The quantitative estimate of drug-likeness (QED) is 0.626. The van der Waals surface area contributed by atoms with Crippen molar-refractivity contribution in [2.75, 3.05) is 6.54 Å². The Labute approximate surface area is 124 Å². The molecule has 0 spiro atoms. The summed E-state index contributed by atoms with van der Waals surface area (Å²) in [5.74, 6) is -0.570. The van der Waals surface area contributed by atoms with E-state index in [4.69, 9.17) is 11.6 Å². The molecule has 1 rings (SSSR count). The van der Waals surface area contributed by atoms with Crippen LogP contribution in [0.15, 0.2) is 30.0 Å². The predicted molar refractivity (Wildman–Crippen MR) is 81.2 cm³/mol. The van der Waals surface area contributed by atoms with Gasteiger partial charge in [0.1, 0.15) is 5.70 Å². The van der Waals surface area contributed by atoms with Gasteiger partial charge in [0, 0.05) is 18.5 Å². The molecule has 108 valence electrons. The second-order valence-corrected chi connectivity index (χ2v) is 4.84. The summed E-state index contributed by atoms with van der Waals surface area (Å²) in [6, 6.07) is 7.02. The van der Waals surface area contributed by atoms with Gasteiger partial charge in [0.15, 0.2) is 0 Å². The maximum absolute atomic E-state index is 12.0. The minimum atomic E-state index is -0.288. The molecule has 4 nitrogen and oxygen atoms in total. The smallest absolute Gasteiger partial charge is 0.267 e. The van der Waals surface area contributed by atoms with E-state index in [1.54, 1.807) is 30.3 Å². The molecule has 0 aliphatic carbocycles. The number of nitrogens with one attached hydrogen (secondary N) is 2. The number of unbranched alkanes of at least 4 members (excludes halogenated alkanes) is 1. The highest BCUT2D eigenvalue weighted by atomic mass is 35.5. The molecule has 0 bridgehead atoms. The Kier molecular flexibility index (Phi) is 6.81. The molecule has 0 saturated heterocycles. The van der Waals surface area contributed by atoms with Crippen LogP contribution in [-0.4, -0.2) is 18.4 Å². The van der Waals surface area contributed by atoms with Crippen LogP contribution < -0.4 is 10.6 Å². The Morgan fingerprint density at radius 3 is 2.45 bits per heavy atom. The molecule has 0 fully saturated rings. The Balaban J connectivity index is 2.84. The van der Waals surface area contributed by atoms with E-state index in [2.05, 4.69) is 10.6 Å². The number of hydrogen-bond donors (Lipinski definition) is 2. The number of hydrogen-bond acceptors (Lipinski definition) is 2. The minimum absolute atomic E-state index is 0.232. The molecular weight excluding hydrogens is 276 g/mol. The lowest BCUT2D eigenvalue weighted by atomic mass is 10.2. The second kappa shape index (κ2) is 8.38. The van der Waals surface area contributed by atoms with Crippen LogP contribution in [0.5, 0.6) is 0 Å². The van der Waals surface area contributed by atoms with Crippen LogP contribution in [-0.2, 0) is 9.59 Å². The molecule has 0 atom stereocenters. The van der Waals surface area contributed by atoms with Crippen LogP contribution in [0.25, 0.3) is 6.08 Å². The molecule has 0 radical (unpaired) electrons. The summed E-state index contributed by atoms with van der Waals surface area (Å²) < 4.78 is 0. The summed E-state index contributed by atoms with van der Waals surface area (Å²) in [5, 5.41) is 5.94. The Morgan fingerprint density at radius 2 is 1.90 bits per heavy atom. The number of benzene rings is 1. The summed E-state index contributed by atoms with van der Waals surface area (Å²) in [7, 11) is 0. The van der Waals surface area contributed by atoms with Crippen LogP contribution in [0, 0.1) is 0 Å². The molecule has 2 N–H and O–H groups in total. The third-order valence-corrected chi connectivity index (χ3v) is 2.80. The number of rotatable bonds is 6. The molecule has 2 amide bonds. The molecule has 0 saturated carbocycles. The van der Waals surface area contributed by atoms with Gasteiger partial charge in [0.2, 0.25) is 5.91 Å². The number of halogens is 1. The normalized spacial score (nSPS) is 11.1.